The van der Waals surface area contributed by atoms with Crippen molar-refractivity contribution in [2.24, 2.45) is 0 Å². The number of nitro groups is 1. The number of amides is 1. The van der Waals surface area contributed by atoms with E-state index in [9.17, 15) is 14.9 Å². The number of rotatable bonds is 7. The van der Waals surface area contributed by atoms with Crippen molar-refractivity contribution in [3.8, 4) is 0 Å². The maximum absolute atomic E-state index is 11.9. The van der Waals surface area contributed by atoms with Crippen LogP contribution in [0.5, 0.6) is 0 Å². The zero-order chi connectivity index (χ0) is 15.1. The minimum absolute atomic E-state index is 0.0619. The molecule has 1 amide bonds. The lowest BCUT2D eigenvalue weighted by Crippen LogP contribution is -2.35. The molecule has 1 atom stereocenters. The van der Waals surface area contributed by atoms with Crippen molar-refractivity contribution in [3.05, 3.63) is 33.1 Å². The Morgan fingerprint density at radius 3 is 2.85 bits per heavy atom. The molecule has 0 radical (unpaired) electrons. The van der Waals surface area contributed by atoms with Crippen LogP contribution in [0.3, 0.4) is 0 Å². The van der Waals surface area contributed by atoms with Gasteiger partial charge in [0.05, 0.1) is 23.2 Å². The number of hydrogen-bond donors (Lipinski definition) is 1. The molecule has 1 heterocycles. The van der Waals surface area contributed by atoms with Crippen LogP contribution in [0.2, 0.25) is 5.15 Å². The second-order valence-electron chi connectivity index (χ2n) is 3.81. The Balaban J connectivity index is 2.76. The number of hydrogen-bond acceptors (Lipinski definition) is 6. The average Bonchev–Trinajstić information content (AvgIpc) is 2.43. The van der Waals surface area contributed by atoms with Crippen LogP contribution in [0.1, 0.15) is 10.4 Å². The first-order chi connectivity index (χ1) is 9.49. The summed E-state index contributed by atoms with van der Waals surface area (Å²) in [6.45, 7) is 0.486. The number of nitrogens with zero attached hydrogens (tertiary/aromatic N) is 2. The quantitative estimate of drug-likeness (QED) is 0.458. The normalized spacial score (nSPS) is 11.9. The summed E-state index contributed by atoms with van der Waals surface area (Å²) in [6, 6.07) is 1.07. The van der Waals surface area contributed by atoms with E-state index in [2.05, 4.69) is 10.3 Å². The largest absolute Gasteiger partial charge is 0.382 e. The fraction of sp³-hybridized carbons (Fsp3) is 0.455. The molecule has 0 aromatic carbocycles. The van der Waals surface area contributed by atoms with Gasteiger partial charge in [-0.3, -0.25) is 14.9 Å². The molecule has 8 nitrogen and oxygen atoms in total. The van der Waals surface area contributed by atoms with E-state index < -0.39 is 10.8 Å². The van der Waals surface area contributed by atoms with Gasteiger partial charge in [-0.1, -0.05) is 11.6 Å². The molecule has 1 aromatic rings. The number of carbonyl (C=O) groups is 1. The van der Waals surface area contributed by atoms with Gasteiger partial charge in [-0.25, -0.2) is 4.98 Å². The summed E-state index contributed by atoms with van der Waals surface area (Å²) in [5.41, 5.74) is -0.368. The molecule has 0 saturated heterocycles. The molecule has 0 aliphatic heterocycles. The molecular weight excluding hydrogens is 290 g/mol. The van der Waals surface area contributed by atoms with Crippen molar-refractivity contribution in [3.63, 3.8) is 0 Å². The van der Waals surface area contributed by atoms with Crippen LogP contribution in [0.4, 0.5) is 5.69 Å². The summed E-state index contributed by atoms with van der Waals surface area (Å²) in [6.07, 6.45) is 0.663. The Kier molecular flexibility index (Phi) is 6.29. The lowest BCUT2D eigenvalue weighted by Gasteiger charge is -2.15. The van der Waals surface area contributed by atoms with E-state index in [1.807, 2.05) is 0 Å². The van der Waals surface area contributed by atoms with Crippen LogP contribution in [0, 0.1) is 10.1 Å². The lowest BCUT2D eigenvalue weighted by atomic mass is 10.2. The van der Waals surface area contributed by atoms with Crippen molar-refractivity contribution in [2.45, 2.75) is 6.10 Å². The number of ether oxygens (including phenoxy) is 2. The predicted molar refractivity (Wildman–Crippen MR) is 70.9 cm³/mol. The van der Waals surface area contributed by atoms with Crippen LogP contribution in [-0.2, 0) is 9.47 Å². The topological polar surface area (TPSA) is 104 Å². The van der Waals surface area contributed by atoms with Crippen LogP contribution in [-0.4, -0.2) is 49.3 Å². The molecule has 0 bridgehead atoms. The molecule has 1 rings (SSSR count). The summed E-state index contributed by atoms with van der Waals surface area (Å²) in [4.78, 5) is 25.5. The van der Waals surface area contributed by atoms with Gasteiger partial charge in [0.15, 0.2) is 0 Å². The Labute approximate surface area is 120 Å². The van der Waals surface area contributed by atoms with E-state index in [4.69, 9.17) is 21.1 Å². The Hall–Kier alpha value is -1.77. The van der Waals surface area contributed by atoms with Gasteiger partial charge in [0.25, 0.3) is 11.6 Å². The van der Waals surface area contributed by atoms with E-state index in [1.165, 1.54) is 14.2 Å². The first kappa shape index (κ1) is 16.3. The number of nitrogens with one attached hydrogen (secondary N) is 1. The van der Waals surface area contributed by atoms with E-state index in [0.29, 0.717) is 6.61 Å². The fourth-order valence-electron chi connectivity index (χ4n) is 1.39. The van der Waals surface area contributed by atoms with Gasteiger partial charge in [0.1, 0.15) is 11.3 Å². The second kappa shape index (κ2) is 7.73. The molecular formula is C11H14ClN3O5. The molecule has 9 heteroatoms. The third kappa shape index (κ3) is 4.41. The van der Waals surface area contributed by atoms with E-state index in [-0.39, 0.29) is 29.1 Å². The number of carbonyl (C=O) groups excluding carboxylic acids is 1. The van der Waals surface area contributed by atoms with Crippen molar-refractivity contribution >= 4 is 23.2 Å². The molecule has 0 saturated carbocycles. The van der Waals surface area contributed by atoms with Gasteiger partial charge in [0, 0.05) is 26.8 Å². The standard InChI is InChI=1S/C11H14ClN3O5/c1-19-6-8(20-2)5-14-11(16)9-3-7(15(17)18)4-13-10(9)12/h3-4,8H,5-6H2,1-2H3,(H,14,16). The number of pyridine rings is 1. The van der Waals surface area contributed by atoms with Crippen LogP contribution < -0.4 is 5.32 Å². The van der Waals surface area contributed by atoms with Crippen LogP contribution >= 0.6 is 11.6 Å². The Morgan fingerprint density at radius 2 is 2.30 bits per heavy atom. The third-order valence-electron chi connectivity index (χ3n) is 2.46. The molecule has 0 spiro atoms. The molecule has 1 unspecified atom stereocenters. The molecule has 0 aliphatic carbocycles. The van der Waals surface area contributed by atoms with Crippen molar-refractivity contribution in [1.29, 1.82) is 0 Å². The highest BCUT2D eigenvalue weighted by atomic mass is 35.5. The zero-order valence-electron chi connectivity index (χ0n) is 11.0. The monoisotopic (exact) mass is 303 g/mol. The van der Waals surface area contributed by atoms with Crippen molar-refractivity contribution in [2.75, 3.05) is 27.4 Å². The predicted octanol–water partition coefficient (Wildman–Crippen LogP) is 1.03. The maximum Gasteiger partial charge on any atom is 0.288 e. The van der Waals surface area contributed by atoms with Gasteiger partial charge in [0.2, 0.25) is 0 Å². The highest BCUT2D eigenvalue weighted by molar-refractivity contribution is 6.32. The maximum atomic E-state index is 11.9. The van der Waals surface area contributed by atoms with Gasteiger partial charge in [-0.15, -0.1) is 0 Å². The number of halogens is 1. The molecule has 20 heavy (non-hydrogen) atoms. The summed E-state index contributed by atoms with van der Waals surface area (Å²) in [7, 11) is 2.99. The fourth-order valence-corrected chi connectivity index (χ4v) is 1.58. The summed E-state index contributed by atoms with van der Waals surface area (Å²) >= 11 is 5.76. The summed E-state index contributed by atoms with van der Waals surface area (Å²) in [5.74, 6) is -0.565. The first-order valence-electron chi connectivity index (χ1n) is 5.59. The lowest BCUT2D eigenvalue weighted by molar-refractivity contribution is -0.385. The van der Waals surface area contributed by atoms with Crippen LogP contribution in [0.15, 0.2) is 12.3 Å². The Bertz CT molecular complexity index is 497. The van der Waals surface area contributed by atoms with E-state index >= 15 is 0 Å². The van der Waals surface area contributed by atoms with Gasteiger partial charge >= 0.3 is 0 Å². The van der Waals surface area contributed by atoms with E-state index in [1.54, 1.807) is 0 Å². The molecule has 110 valence electrons. The zero-order valence-corrected chi connectivity index (χ0v) is 11.7. The van der Waals surface area contributed by atoms with Gasteiger partial charge in [-0.2, -0.15) is 0 Å². The minimum Gasteiger partial charge on any atom is -0.382 e. The highest BCUT2D eigenvalue weighted by Gasteiger charge is 2.18. The SMILES string of the molecule is COCC(CNC(=O)c1cc([N+](=O)[O-])cnc1Cl)OC. The summed E-state index contributed by atoms with van der Waals surface area (Å²) < 4.78 is 9.98. The molecule has 0 fully saturated rings. The first-order valence-corrected chi connectivity index (χ1v) is 5.97. The van der Waals surface area contributed by atoms with Gasteiger partial charge < -0.3 is 14.8 Å². The molecule has 1 aromatic heterocycles. The average molecular weight is 304 g/mol. The molecule has 0 aliphatic rings. The number of methoxy groups -OCH3 is 2. The van der Waals surface area contributed by atoms with Crippen LogP contribution in [0.25, 0.3) is 0 Å². The summed E-state index contributed by atoms with van der Waals surface area (Å²) in [5, 5.41) is 13.1. The minimum atomic E-state index is -0.650. The Morgan fingerprint density at radius 1 is 1.60 bits per heavy atom. The smallest absolute Gasteiger partial charge is 0.288 e. The van der Waals surface area contributed by atoms with Crippen molar-refractivity contribution < 1.29 is 19.2 Å². The van der Waals surface area contributed by atoms with Gasteiger partial charge in [-0.05, 0) is 0 Å². The number of aromatic nitrogens is 1. The van der Waals surface area contributed by atoms with Crippen molar-refractivity contribution in [1.82, 2.24) is 10.3 Å². The molecule has 1 N–H and O–H groups in total. The third-order valence-corrected chi connectivity index (χ3v) is 2.76. The second-order valence-corrected chi connectivity index (χ2v) is 4.17. The highest BCUT2D eigenvalue weighted by Crippen LogP contribution is 2.18. The van der Waals surface area contributed by atoms with E-state index in [0.717, 1.165) is 12.3 Å².